The first-order valence-electron chi connectivity index (χ1n) is 6.76. The van der Waals surface area contributed by atoms with Crippen LogP contribution >= 0.6 is 0 Å². The number of nitrogens with one attached hydrogen (secondary N) is 1. The smallest absolute Gasteiger partial charge is 0.138 e. The first-order valence-corrected chi connectivity index (χ1v) is 6.76. The molecule has 1 heterocycles. The predicted molar refractivity (Wildman–Crippen MR) is 68.9 cm³/mol. The summed E-state index contributed by atoms with van der Waals surface area (Å²) in [6, 6.07) is 1.11. The molecule has 1 fully saturated rings. The van der Waals surface area contributed by atoms with Gasteiger partial charge in [0.1, 0.15) is 12.2 Å². The van der Waals surface area contributed by atoms with E-state index in [1.807, 2.05) is 0 Å². The lowest BCUT2D eigenvalue weighted by molar-refractivity contribution is 0.286. The van der Waals surface area contributed by atoms with E-state index in [9.17, 15) is 0 Å². The molecule has 1 N–H and O–H groups in total. The molecule has 0 spiro atoms. The van der Waals surface area contributed by atoms with Gasteiger partial charge >= 0.3 is 0 Å². The van der Waals surface area contributed by atoms with E-state index in [1.54, 1.807) is 6.33 Å². The molecule has 1 aliphatic carbocycles. The van der Waals surface area contributed by atoms with Crippen molar-refractivity contribution in [2.24, 2.45) is 5.92 Å². The predicted octanol–water partition coefficient (Wildman–Crippen LogP) is 2.18. The molecule has 2 atom stereocenters. The van der Waals surface area contributed by atoms with Gasteiger partial charge in [-0.25, -0.2) is 9.67 Å². The third-order valence-corrected chi connectivity index (χ3v) is 3.80. The van der Waals surface area contributed by atoms with Crippen LogP contribution in [-0.4, -0.2) is 27.9 Å². The second kappa shape index (κ2) is 5.63. The Morgan fingerprint density at radius 3 is 3.00 bits per heavy atom. The molecule has 4 nitrogen and oxygen atoms in total. The van der Waals surface area contributed by atoms with Crippen molar-refractivity contribution in [1.82, 2.24) is 20.1 Å². The molecule has 0 saturated heterocycles. The van der Waals surface area contributed by atoms with Gasteiger partial charge in [-0.05, 0) is 46.1 Å². The van der Waals surface area contributed by atoms with Crippen LogP contribution in [0.25, 0.3) is 0 Å². The standard InChI is InChI=1S/C13H24N4/c1-10(2)17-13(15-9-16-17)8-11-5-4-6-12(7-11)14-3/h9-12,14H,4-8H2,1-3H3. The van der Waals surface area contributed by atoms with Gasteiger partial charge in [-0.1, -0.05) is 6.42 Å². The molecule has 0 bridgehead atoms. The lowest BCUT2D eigenvalue weighted by atomic mass is 9.83. The molecule has 17 heavy (non-hydrogen) atoms. The Kier molecular flexibility index (Phi) is 4.15. The molecule has 0 amide bonds. The summed E-state index contributed by atoms with van der Waals surface area (Å²) < 4.78 is 2.06. The van der Waals surface area contributed by atoms with E-state index in [-0.39, 0.29) is 0 Å². The van der Waals surface area contributed by atoms with Crippen molar-refractivity contribution >= 4 is 0 Å². The van der Waals surface area contributed by atoms with Gasteiger partial charge in [0.2, 0.25) is 0 Å². The Labute approximate surface area is 104 Å². The average Bonchev–Trinajstić information content (AvgIpc) is 2.77. The van der Waals surface area contributed by atoms with Gasteiger partial charge < -0.3 is 5.32 Å². The van der Waals surface area contributed by atoms with Crippen LogP contribution < -0.4 is 5.32 Å². The second-order valence-corrected chi connectivity index (χ2v) is 5.44. The first kappa shape index (κ1) is 12.6. The monoisotopic (exact) mass is 236 g/mol. The maximum Gasteiger partial charge on any atom is 0.138 e. The van der Waals surface area contributed by atoms with E-state index >= 15 is 0 Å². The maximum absolute atomic E-state index is 4.41. The highest BCUT2D eigenvalue weighted by Gasteiger charge is 2.22. The fourth-order valence-corrected chi connectivity index (χ4v) is 2.85. The van der Waals surface area contributed by atoms with E-state index in [1.165, 1.54) is 25.7 Å². The highest BCUT2D eigenvalue weighted by Crippen LogP contribution is 2.27. The van der Waals surface area contributed by atoms with Gasteiger partial charge in [-0.2, -0.15) is 5.10 Å². The van der Waals surface area contributed by atoms with Crippen LogP contribution in [0.5, 0.6) is 0 Å². The lowest BCUT2D eigenvalue weighted by Gasteiger charge is -2.28. The van der Waals surface area contributed by atoms with Gasteiger partial charge in [-0.15, -0.1) is 0 Å². The number of rotatable bonds is 4. The van der Waals surface area contributed by atoms with E-state index < -0.39 is 0 Å². The zero-order valence-corrected chi connectivity index (χ0v) is 11.2. The molecule has 2 rings (SSSR count). The number of hydrogen-bond donors (Lipinski definition) is 1. The topological polar surface area (TPSA) is 42.7 Å². The molecule has 1 aliphatic rings. The van der Waals surface area contributed by atoms with Crippen LogP contribution in [0.1, 0.15) is 51.4 Å². The molecule has 1 aromatic rings. The Morgan fingerprint density at radius 2 is 2.29 bits per heavy atom. The average molecular weight is 236 g/mol. The normalized spacial score (nSPS) is 25.4. The quantitative estimate of drug-likeness (QED) is 0.871. The summed E-state index contributed by atoms with van der Waals surface area (Å²) >= 11 is 0. The van der Waals surface area contributed by atoms with Crippen LogP contribution in [0.4, 0.5) is 0 Å². The molecule has 0 aromatic carbocycles. The fourth-order valence-electron chi connectivity index (χ4n) is 2.85. The third kappa shape index (κ3) is 3.06. The molecule has 1 aromatic heterocycles. The molecule has 2 unspecified atom stereocenters. The zero-order valence-electron chi connectivity index (χ0n) is 11.2. The van der Waals surface area contributed by atoms with Crippen LogP contribution in [0.15, 0.2) is 6.33 Å². The molecular formula is C13H24N4. The summed E-state index contributed by atoms with van der Waals surface area (Å²) in [5.74, 6) is 1.92. The lowest BCUT2D eigenvalue weighted by Crippen LogP contribution is -2.32. The Balaban J connectivity index is 1.98. The fraction of sp³-hybridized carbons (Fsp3) is 0.846. The number of hydrogen-bond acceptors (Lipinski definition) is 3. The largest absolute Gasteiger partial charge is 0.317 e. The van der Waals surface area contributed by atoms with Gasteiger partial charge in [0.05, 0.1) is 0 Å². The van der Waals surface area contributed by atoms with E-state index in [0.29, 0.717) is 12.1 Å². The maximum atomic E-state index is 4.41. The number of nitrogens with zero attached hydrogens (tertiary/aromatic N) is 3. The molecule has 0 aliphatic heterocycles. The van der Waals surface area contributed by atoms with Crippen LogP contribution in [0, 0.1) is 5.92 Å². The number of aromatic nitrogens is 3. The molecule has 4 heteroatoms. The SMILES string of the molecule is CNC1CCCC(Cc2ncnn2C(C)C)C1. The van der Waals surface area contributed by atoms with Gasteiger partial charge in [0.15, 0.2) is 0 Å². The van der Waals surface area contributed by atoms with Crippen LogP contribution in [0.2, 0.25) is 0 Å². The van der Waals surface area contributed by atoms with Crippen LogP contribution in [0.3, 0.4) is 0 Å². The Bertz CT molecular complexity index is 345. The molecule has 1 saturated carbocycles. The summed E-state index contributed by atoms with van der Waals surface area (Å²) in [6.45, 7) is 4.32. The summed E-state index contributed by atoms with van der Waals surface area (Å²) in [5.41, 5.74) is 0. The highest BCUT2D eigenvalue weighted by molar-refractivity contribution is 4.91. The van der Waals surface area contributed by atoms with E-state index in [2.05, 4.69) is 41.0 Å². The van der Waals surface area contributed by atoms with Crippen molar-refractivity contribution in [3.63, 3.8) is 0 Å². The van der Waals surface area contributed by atoms with Gasteiger partial charge in [0, 0.05) is 18.5 Å². The van der Waals surface area contributed by atoms with Crippen LogP contribution in [-0.2, 0) is 6.42 Å². The zero-order chi connectivity index (χ0) is 12.3. The Hall–Kier alpha value is -0.900. The molecule has 96 valence electrons. The minimum atomic E-state index is 0.413. The van der Waals surface area contributed by atoms with Crippen molar-refractivity contribution in [2.75, 3.05) is 7.05 Å². The summed E-state index contributed by atoms with van der Waals surface area (Å²) in [6.07, 6.45) is 8.05. The first-order chi connectivity index (χ1) is 8.20. The van der Waals surface area contributed by atoms with Crippen molar-refractivity contribution in [1.29, 1.82) is 0 Å². The highest BCUT2D eigenvalue weighted by atomic mass is 15.3. The van der Waals surface area contributed by atoms with Crippen molar-refractivity contribution in [3.05, 3.63) is 12.2 Å². The third-order valence-electron chi connectivity index (χ3n) is 3.80. The minimum Gasteiger partial charge on any atom is -0.317 e. The van der Waals surface area contributed by atoms with Gasteiger partial charge in [-0.3, -0.25) is 0 Å². The van der Waals surface area contributed by atoms with Crippen molar-refractivity contribution in [3.8, 4) is 0 Å². The molecular weight excluding hydrogens is 212 g/mol. The minimum absolute atomic E-state index is 0.413. The van der Waals surface area contributed by atoms with Crippen molar-refractivity contribution < 1.29 is 0 Å². The summed E-state index contributed by atoms with van der Waals surface area (Å²) in [5, 5.41) is 7.72. The second-order valence-electron chi connectivity index (χ2n) is 5.44. The molecule has 0 radical (unpaired) electrons. The van der Waals surface area contributed by atoms with Gasteiger partial charge in [0.25, 0.3) is 0 Å². The summed E-state index contributed by atoms with van der Waals surface area (Å²) in [4.78, 5) is 4.41. The van der Waals surface area contributed by atoms with E-state index in [0.717, 1.165) is 18.2 Å². The van der Waals surface area contributed by atoms with Crippen molar-refractivity contribution in [2.45, 2.75) is 58.0 Å². The summed E-state index contributed by atoms with van der Waals surface area (Å²) in [7, 11) is 2.07. The van der Waals surface area contributed by atoms with E-state index in [4.69, 9.17) is 0 Å². The Morgan fingerprint density at radius 1 is 1.47 bits per heavy atom.